The molecule has 1 N–H and O–H groups in total. The monoisotopic (exact) mass is 353 g/mol. The van der Waals surface area contributed by atoms with E-state index in [0.717, 1.165) is 52.1 Å². The van der Waals surface area contributed by atoms with Gasteiger partial charge in [-0.25, -0.2) is 4.39 Å². The molecule has 3 rings (SSSR count). The van der Waals surface area contributed by atoms with E-state index in [1.54, 1.807) is 12.1 Å². The van der Waals surface area contributed by atoms with Crippen molar-refractivity contribution in [2.24, 2.45) is 0 Å². The lowest BCUT2D eigenvalue weighted by Crippen LogP contribution is -2.47. The highest BCUT2D eigenvalue weighted by Gasteiger charge is 2.27. The number of carbonyl (C=O) groups excluding carboxylic acids is 1. The lowest BCUT2D eigenvalue weighted by atomic mass is 10.0. The maximum atomic E-state index is 14.0. The number of benzene rings is 1. The quantitative estimate of drug-likeness (QED) is 0.882. The summed E-state index contributed by atoms with van der Waals surface area (Å²) in [5, 5.41) is 3.76. The molecule has 0 spiro atoms. The van der Waals surface area contributed by atoms with Crippen molar-refractivity contribution in [3.05, 3.63) is 34.6 Å². The van der Waals surface area contributed by atoms with Gasteiger partial charge in [-0.3, -0.25) is 9.69 Å². The first-order chi connectivity index (χ1) is 11.6. The highest BCUT2D eigenvalue weighted by molar-refractivity contribution is 6.31. The van der Waals surface area contributed by atoms with Crippen molar-refractivity contribution in [3.8, 4) is 0 Å². The van der Waals surface area contributed by atoms with Crippen molar-refractivity contribution in [1.29, 1.82) is 0 Å². The van der Waals surface area contributed by atoms with Crippen LogP contribution in [0.4, 0.5) is 4.39 Å². The molecule has 0 radical (unpaired) electrons. The Labute approximate surface area is 147 Å². The molecule has 1 amide bonds. The van der Waals surface area contributed by atoms with Gasteiger partial charge in [-0.1, -0.05) is 17.7 Å². The van der Waals surface area contributed by atoms with Crippen molar-refractivity contribution < 1.29 is 9.18 Å². The van der Waals surface area contributed by atoms with Crippen molar-refractivity contribution in [3.63, 3.8) is 0 Å². The molecule has 24 heavy (non-hydrogen) atoms. The smallest absolute Gasteiger partial charge is 0.223 e. The molecule has 4 nitrogen and oxygen atoms in total. The number of nitrogens with zero attached hydrogens (tertiary/aromatic N) is 2. The second-order valence-electron chi connectivity index (χ2n) is 6.62. The predicted octanol–water partition coefficient (Wildman–Crippen LogP) is 2.31. The van der Waals surface area contributed by atoms with Gasteiger partial charge >= 0.3 is 0 Å². The molecular weight excluding hydrogens is 329 g/mol. The Kier molecular flexibility index (Phi) is 6.09. The third kappa shape index (κ3) is 4.26. The van der Waals surface area contributed by atoms with Gasteiger partial charge in [-0.05, 0) is 37.9 Å². The SMILES string of the molecule is O=C(CCN1CCCC1Cc1c(F)cccc1Cl)N1CCNCC1. The number of piperazine rings is 1. The molecule has 1 aromatic carbocycles. The summed E-state index contributed by atoms with van der Waals surface area (Å²) >= 11 is 6.16. The molecule has 1 atom stereocenters. The summed E-state index contributed by atoms with van der Waals surface area (Å²) < 4.78 is 14.0. The molecule has 6 heteroatoms. The number of nitrogens with one attached hydrogen (secondary N) is 1. The Bertz CT molecular complexity index is 557. The summed E-state index contributed by atoms with van der Waals surface area (Å²) in [6.07, 6.45) is 3.29. The second kappa shape index (κ2) is 8.28. The molecule has 1 aromatic rings. The third-order valence-electron chi connectivity index (χ3n) is 5.08. The minimum atomic E-state index is -0.230. The molecule has 2 aliphatic heterocycles. The Morgan fingerprint density at radius 3 is 2.83 bits per heavy atom. The summed E-state index contributed by atoms with van der Waals surface area (Å²) in [4.78, 5) is 16.6. The molecule has 2 saturated heterocycles. The Hall–Kier alpha value is -1.17. The van der Waals surface area contributed by atoms with Crippen LogP contribution in [0.1, 0.15) is 24.8 Å². The molecule has 2 fully saturated rings. The molecule has 1 unspecified atom stereocenters. The Morgan fingerprint density at radius 1 is 1.29 bits per heavy atom. The van der Waals surface area contributed by atoms with Gasteiger partial charge in [0.25, 0.3) is 0 Å². The highest BCUT2D eigenvalue weighted by Crippen LogP contribution is 2.26. The highest BCUT2D eigenvalue weighted by atomic mass is 35.5. The molecule has 0 aliphatic carbocycles. The first-order valence-corrected chi connectivity index (χ1v) is 9.18. The molecule has 0 aromatic heterocycles. The average Bonchev–Trinajstić information content (AvgIpc) is 3.04. The fraction of sp³-hybridized carbons (Fsp3) is 0.611. The zero-order chi connectivity index (χ0) is 16.9. The number of carbonyl (C=O) groups is 1. The minimum Gasteiger partial charge on any atom is -0.340 e. The van der Waals surface area contributed by atoms with Crippen molar-refractivity contribution in [2.75, 3.05) is 39.3 Å². The van der Waals surface area contributed by atoms with Crippen molar-refractivity contribution in [1.82, 2.24) is 15.1 Å². The maximum Gasteiger partial charge on any atom is 0.223 e. The van der Waals surface area contributed by atoms with Gasteiger partial charge in [-0.2, -0.15) is 0 Å². The molecule has 0 bridgehead atoms. The van der Waals surface area contributed by atoms with Crippen LogP contribution in [0.15, 0.2) is 18.2 Å². The second-order valence-corrected chi connectivity index (χ2v) is 7.02. The van der Waals surface area contributed by atoms with Crippen LogP contribution in [0, 0.1) is 5.82 Å². The fourth-order valence-corrected chi connectivity index (χ4v) is 3.94. The molecule has 0 saturated carbocycles. The van der Waals surface area contributed by atoms with E-state index in [1.807, 2.05) is 4.90 Å². The first kappa shape index (κ1) is 17.6. The lowest BCUT2D eigenvalue weighted by molar-refractivity contribution is -0.132. The molecular formula is C18H25ClFN3O. The van der Waals surface area contributed by atoms with Crippen LogP contribution in [-0.2, 0) is 11.2 Å². The summed E-state index contributed by atoms with van der Waals surface area (Å²) in [5.41, 5.74) is 0.601. The largest absolute Gasteiger partial charge is 0.340 e. The Morgan fingerprint density at radius 2 is 2.08 bits per heavy atom. The van der Waals surface area contributed by atoms with E-state index in [0.29, 0.717) is 23.4 Å². The zero-order valence-electron chi connectivity index (χ0n) is 13.9. The summed E-state index contributed by atoms with van der Waals surface area (Å²) in [6, 6.07) is 5.12. The fourth-order valence-electron chi connectivity index (χ4n) is 3.70. The topological polar surface area (TPSA) is 35.6 Å². The average molecular weight is 354 g/mol. The number of halogens is 2. The number of hydrogen-bond donors (Lipinski definition) is 1. The summed E-state index contributed by atoms with van der Waals surface area (Å²) in [6.45, 7) is 5.08. The van der Waals surface area contributed by atoms with Crippen LogP contribution in [0.2, 0.25) is 5.02 Å². The van der Waals surface area contributed by atoms with Gasteiger partial charge < -0.3 is 10.2 Å². The van der Waals surface area contributed by atoms with Crippen LogP contribution < -0.4 is 5.32 Å². The zero-order valence-corrected chi connectivity index (χ0v) is 14.7. The van der Waals surface area contributed by atoms with Crippen molar-refractivity contribution in [2.45, 2.75) is 31.7 Å². The van der Waals surface area contributed by atoms with E-state index in [2.05, 4.69) is 10.2 Å². The standard InChI is InChI=1S/C18H25ClFN3O/c19-16-4-1-5-17(20)15(16)13-14-3-2-9-22(14)10-6-18(24)23-11-7-21-8-12-23/h1,4-5,14,21H,2-3,6-13H2. The van der Waals surface area contributed by atoms with Gasteiger partial charge in [-0.15, -0.1) is 0 Å². The molecule has 2 heterocycles. The first-order valence-electron chi connectivity index (χ1n) is 8.80. The van der Waals surface area contributed by atoms with E-state index < -0.39 is 0 Å². The molecule has 132 valence electrons. The lowest BCUT2D eigenvalue weighted by Gasteiger charge is -2.29. The van der Waals surface area contributed by atoms with E-state index in [9.17, 15) is 9.18 Å². The minimum absolute atomic E-state index is 0.228. The van der Waals surface area contributed by atoms with Crippen LogP contribution in [0.25, 0.3) is 0 Å². The van der Waals surface area contributed by atoms with Gasteiger partial charge in [0.2, 0.25) is 5.91 Å². The number of likely N-dealkylation sites (tertiary alicyclic amines) is 1. The van der Waals surface area contributed by atoms with Crippen LogP contribution >= 0.6 is 11.6 Å². The van der Waals surface area contributed by atoms with Crippen LogP contribution in [0.5, 0.6) is 0 Å². The van der Waals surface area contributed by atoms with E-state index >= 15 is 0 Å². The van der Waals surface area contributed by atoms with E-state index in [1.165, 1.54) is 6.07 Å². The third-order valence-corrected chi connectivity index (χ3v) is 5.44. The summed E-state index contributed by atoms with van der Waals surface area (Å²) in [5.74, 6) is -0.00248. The predicted molar refractivity (Wildman–Crippen MR) is 93.8 cm³/mol. The summed E-state index contributed by atoms with van der Waals surface area (Å²) in [7, 11) is 0. The van der Waals surface area contributed by atoms with Gasteiger partial charge in [0.1, 0.15) is 5.82 Å². The maximum absolute atomic E-state index is 14.0. The normalized spacial score (nSPS) is 22.1. The number of rotatable bonds is 5. The number of hydrogen-bond acceptors (Lipinski definition) is 3. The van der Waals surface area contributed by atoms with Crippen LogP contribution in [-0.4, -0.2) is 61.0 Å². The van der Waals surface area contributed by atoms with Gasteiger partial charge in [0.15, 0.2) is 0 Å². The van der Waals surface area contributed by atoms with Crippen LogP contribution in [0.3, 0.4) is 0 Å². The van der Waals surface area contributed by atoms with Gasteiger partial charge in [0, 0.05) is 55.8 Å². The van der Waals surface area contributed by atoms with Crippen molar-refractivity contribution >= 4 is 17.5 Å². The van der Waals surface area contributed by atoms with E-state index in [-0.39, 0.29) is 17.8 Å². The molecule has 2 aliphatic rings. The Balaban J connectivity index is 1.54. The number of amides is 1. The van der Waals surface area contributed by atoms with Gasteiger partial charge in [0.05, 0.1) is 0 Å². The van der Waals surface area contributed by atoms with E-state index in [4.69, 9.17) is 11.6 Å².